The minimum Gasteiger partial charge on any atom is -0.368 e. The number of primary amides is 1. The number of nitrogens with two attached hydrogens (primary N) is 1. The number of benzene rings is 2. The van der Waals surface area contributed by atoms with Gasteiger partial charge in [-0.05, 0) is 17.7 Å². The zero-order chi connectivity index (χ0) is 19.1. The van der Waals surface area contributed by atoms with Crippen LogP contribution in [0.15, 0.2) is 73.1 Å². The van der Waals surface area contributed by atoms with E-state index in [1.165, 1.54) is 12.4 Å². The zero-order valence-electron chi connectivity index (χ0n) is 14.5. The largest absolute Gasteiger partial charge is 0.368 e. The highest BCUT2D eigenvalue weighted by atomic mass is 16.2. The molecule has 7 heteroatoms. The summed E-state index contributed by atoms with van der Waals surface area (Å²) >= 11 is 0. The van der Waals surface area contributed by atoms with Crippen LogP contribution in [0.1, 0.15) is 15.9 Å². The number of carbonyl (C=O) groups excluding carboxylic acids is 2. The monoisotopic (exact) mass is 361 g/mol. The topological polar surface area (TPSA) is 110 Å². The van der Waals surface area contributed by atoms with Gasteiger partial charge in [-0.15, -0.1) is 0 Å². The predicted octanol–water partition coefficient (Wildman–Crippen LogP) is 2.05. The van der Waals surface area contributed by atoms with Crippen molar-refractivity contribution >= 4 is 23.5 Å². The van der Waals surface area contributed by atoms with Crippen LogP contribution in [0.5, 0.6) is 0 Å². The number of hydrogen-bond acceptors (Lipinski definition) is 5. The predicted molar refractivity (Wildman–Crippen MR) is 102 cm³/mol. The first-order chi connectivity index (χ1) is 13.1. The van der Waals surface area contributed by atoms with Crippen LogP contribution in [0.3, 0.4) is 0 Å². The average Bonchev–Trinajstić information content (AvgIpc) is 2.69. The number of amides is 2. The van der Waals surface area contributed by atoms with Gasteiger partial charge in [-0.2, -0.15) is 0 Å². The van der Waals surface area contributed by atoms with Gasteiger partial charge in [0.15, 0.2) is 0 Å². The summed E-state index contributed by atoms with van der Waals surface area (Å²) in [6.45, 7) is 0. The second-order valence-corrected chi connectivity index (χ2v) is 5.90. The number of para-hydroxylation sites is 1. The number of nitrogens with one attached hydrogen (secondary N) is 2. The highest BCUT2D eigenvalue weighted by molar-refractivity contribution is 5.97. The first-order valence-corrected chi connectivity index (χ1v) is 8.40. The van der Waals surface area contributed by atoms with Crippen molar-refractivity contribution in [3.05, 3.63) is 84.2 Å². The summed E-state index contributed by atoms with van der Waals surface area (Å²) in [7, 11) is 0. The maximum atomic E-state index is 12.4. The van der Waals surface area contributed by atoms with Gasteiger partial charge < -0.3 is 16.4 Å². The van der Waals surface area contributed by atoms with Gasteiger partial charge in [0.2, 0.25) is 11.9 Å². The third kappa shape index (κ3) is 5.12. The number of anilines is 2. The van der Waals surface area contributed by atoms with Crippen LogP contribution < -0.4 is 16.4 Å². The lowest BCUT2D eigenvalue weighted by Crippen LogP contribution is -2.45. The fourth-order valence-corrected chi connectivity index (χ4v) is 2.47. The highest BCUT2D eigenvalue weighted by Gasteiger charge is 2.20. The summed E-state index contributed by atoms with van der Waals surface area (Å²) in [6, 6.07) is 18.0. The molecule has 0 spiro atoms. The maximum absolute atomic E-state index is 12.4. The number of rotatable bonds is 7. The van der Waals surface area contributed by atoms with Crippen molar-refractivity contribution in [2.45, 2.75) is 12.5 Å². The van der Waals surface area contributed by atoms with Gasteiger partial charge in [0.1, 0.15) is 6.04 Å². The molecular weight excluding hydrogens is 342 g/mol. The second-order valence-electron chi connectivity index (χ2n) is 5.90. The summed E-state index contributed by atoms with van der Waals surface area (Å²) in [5, 5.41) is 5.67. The first-order valence-electron chi connectivity index (χ1n) is 8.40. The summed E-state index contributed by atoms with van der Waals surface area (Å²) < 4.78 is 0. The van der Waals surface area contributed by atoms with E-state index in [1.807, 2.05) is 60.7 Å². The van der Waals surface area contributed by atoms with E-state index in [2.05, 4.69) is 20.6 Å². The Morgan fingerprint density at radius 3 is 2.11 bits per heavy atom. The van der Waals surface area contributed by atoms with Crippen molar-refractivity contribution in [3.63, 3.8) is 0 Å². The van der Waals surface area contributed by atoms with Gasteiger partial charge >= 0.3 is 0 Å². The van der Waals surface area contributed by atoms with Crippen molar-refractivity contribution in [1.29, 1.82) is 0 Å². The summed E-state index contributed by atoms with van der Waals surface area (Å²) in [5.41, 5.74) is 7.41. The standard InChI is InChI=1S/C20H19N5O2/c21-18(26)17(11-14-7-3-1-4-8-14)25-19(27)15-12-22-20(23-13-15)24-16-9-5-2-6-10-16/h1-10,12-13,17H,11H2,(H2,21,26)(H,25,27)(H,22,23,24)/t17-/m0/s1. The molecule has 1 heterocycles. The number of hydrogen-bond donors (Lipinski definition) is 3. The molecule has 2 aromatic carbocycles. The summed E-state index contributed by atoms with van der Waals surface area (Å²) in [5.74, 6) is -0.690. The Morgan fingerprint density at radius 1 is 0.926 bits per heavy atom. The van der Waals surface area contributed by atoms with Crippen molar-refractivity contribution < 1.29 is 9.59 Å². The first kappa shape index (κ1) is 18.1. The molecule has 0 saturated carbocycles. The van der Waals surface area contributed by atoms with E-state index in [0.717, 1.165) is 11.3 Å². The molecule has 0 fully saturated rings. The van der Waals surface area contributed by atoms with Crippen molar-refractivity contribution in [1.82, 2.24) is 15.3 Å². The molecule has 1 atom stereocenters. The fraction of sp³-hybridized carbons (Fsp3) is 0.100. The quantitative estimate of drug-likeness (QED) is 0.596. The Hall–Kier alpha value is -3.74. The third-order valence-corrected chi connectivity index (χ3v) is 3.88. The van der Waals surface area contributed by atoms with Crippen molar-refractivity contribution in [3.8, 4) is 0 Å². The minimum absolute atomic E-state index is 0.243. The highest BCUT2D eigenvalue weighted by Crippen LogP contribution is 2.11. The molecule has 0 aliphatic rings. The second kappa shape index (κ2) is 8.57. The lowest BCUT2D eigenvalue weighted by atomic mass is 10.1. The van der Waals surface area contributed by atoms with E-state index < -0.39 is 17.9 Å². The van der Waals surface area contributed by atoms with E-state index in [1.54, 1.807) is 0 Å². The van der Waals surface area contributed by atoms with Gasteiger partial charge in [0.05, 0.1) is 5.56 Å². The van der Waals surface area contributed by atoms with Crippen LogP contribution in [0.4, 0.5) is 11.6 Å². The Bertz CT molecular complexity index is 899. The Balaban J connectivity index is 1.64. The van der Waals surface area contributed by atoms with Gasteiger partial charge in [-0.25, -0.2) is 9.97 Å². The molecule has 4 N–H and O–H groups in total. The van der Waals surface area contributed by atoms with E-state index in [4.69, 9.17) is 5.73 Å². The van der Waals surface area contributed by atoms with Crippen molar-refractivity contribution in [2.75, 3.05) is 5.32 Å². The Labute approximate surface area is 156 Å². The minimum atomic E-state index is -0.818. The van der Waals surface area contributed by atoms with Gasteiger partial charge in [-0.3, -0.25) is 9.59 Å². The molecule has 2 amide bonds. The van der Waals surface area contributed by atoms with E-state index >= 15 is 0 Å². The van der Waals surface area contributed by atoms with Crippen LogP contribution in [-0.2, 0) is 11.2 Å². The molecule has 7 nitrogen and oxygen atoms in total. The summed E-state index contributed by atoms with van der Waals surface area (Å²) in [6.07, 6.45) is 3.11. The van der Waals surface area contributed by atoms with Crippen molar-refractivity contribution in [2.24, 2.45) is 5.73 Å². The Kier molecular flexibility index (Phi) is 5.73. The lowest BCUT2D eigenvalue weighted by molar-refractivity contribution is -0.119. The van der Waals surface area contributed by atoms with E-state index in [-0.39, 0.29) is 5.56 Å². The van der Waals surface area contributed by atoms with Crippen LogP contribution in [-0.4, -0.2) is 27.8 Å². The normalized spacial score (nSPS) is 11.4. The van der Waals surface area contributed by atoms with E-state index in [9.17, 15) is 9.59 Å². The molecule has 0 unspecified atom stereocenters. The molecule has 0 aliphatic heterocycles. The van der Waals surface area contributed by atoms with Crippen LogP contribution in [0, 0.1) is 0 Å². The van der Waals surface area contributed by atoms with Crippen LogP contribution in [0.25, 0.3) is 0 Å². The molecule has 3 rings (SSSR count). The van der Waals surface area contributed by atoms with Gasteiger partial charge in [0, 0.05) is 24.5 Å². The fourth-order valence-electron chi connectivity index (χ4n) is 2.47. The summed E-state index contributed by atoms with van der Waals surface area (Å²) in [4.78, 5) is 32.4. The molecule has 0 aliphatic carbocycles. The average molecular weight is 361 g/mol. The molecule has 3 aromatic rings. The number of aromatic nitrogens is 2. The maximum Gasteiger partial charge on any atom is 0.255 e. The molecule has 0 saturated heterocycles. The smallest absolute Gasteiger partial charge is 0.255 e. The third-order valence-electron chi connectivity index (χ3n) is 3.88. The lowest BCUT2D eigenvalue weighted by Gasteiger charge is -2.15. The van der Waals surface area contributed by atoms with E-state index in [0.29, 0.717) is 12.4 Å². The van der Waals surface area contributed by atoms with Gasteiger partial charge in [0.25, 0.3) is 5.91 Å². The SMILES string of the molecule is NC(=O)[C@H](Cc1ccccc1)NC(=O)c1cnc(Nc2ccccc2)nc1. The zero-order valence-corrected chi connectivity index (χ0v) is 14.5. The number of nitrogens with zero attached hydrogens (tertiary/aromatic N) is 2. The Morgan fingerprint density at radius 2 is 1.52 bits per heavy atom. The van der Waals surface area contributed by atoms with Crippen LogP contribution in [0.2, 0.25) is 0 Å². The number of carbonyl (C=O) groups is 2. The molecular formula is C20H19N5O2. The molecule has 136 valence electrons. The molecule has 27 heavy (non-hydrogen) atoms. The molecule has 0 radical (unpaired) electrons. The molecule has 0 bridgehead atoms. The molecule has 1 aromatic heterocycles. The van der Waals surface area contributed by atoms with Gasteiger partial charge in [-0.1, -0.05) is 48.5 Å². The van der Waals surface area contributed by atoms with Crippen LogP contribution >= 0.6 is 0 Å².